The van der Waals surface area contributed by atoms with E-state index in [0.717, 1.165) is 0 Å². The lowest BCUT2D eigenvalue weighted by Gasteiger charge is -2.19. The average molecular weight is 211 g/mol. The summed E-state index contributed by atoms with van der Waals surface area (Å²) in [7, 11) is 0. The lowest BCUT2D eigenvalue weighted by molar-refractivity contribution is -0.132. The van der Waals surface area contributed by atoms with Crippen molar-refractivity contribution >= 4 is 17.3 Å². The van der Waals surface area contributed by atoms with E-state index in [-0.39, 0.29) is 11.6 Å². The van der Waals surface area contributed by atoms with Crippen LogP contribution in [0.3, 0.4) is 0 Å². The number of rotatable bonds is 4. The summed E-state index contributed by atoms with van der Waals surface area (Å²) in [4.78, 5) is 28.1. The number of nitrogens with zero attached hydrogens (tertiary/aromatic N) is 1. The molecule has 0 aromatic heterocycles. The van der Waals surface area contributed by atoms with Crippen LogP contribution in [0, 0.1) is 5.92 Å². The van der Waals surface area contributed by atoms with Crippen LogP contribution in [0.25, 0.3) is 0 Å². The van der Waals surface area contributed by atoms with Crippen molar-refractivity contribution in [1.82, 2.24) is 0 Å². The zero-order valence-electron chi connectivity index (χ0n) is 9.28. The molecule has 0 aromatic rings. The van der Waals surface area contributed by atoms with E-state index in [1.807, 2.05) is 13.8 Å². The molecule has 0 radical (unpaired) electrons. The molecule has 0 aromatic carbocycles. The second-order valence-electron chi connectivity index (χ2n) is 3.57. The maximum atomic E-state index is 11.6. The van der Waals surface area contributed by atoms with Crippen molar-refractivity contribution in [2.24, 2.45) is 11.1 Å². The summed E-state index contributed by atoms with van der Waals surface area (Å²) in [6.45, 7) is 4.16. The maximum Gasteiger partial charge on any atom is 0.149 e. The molecule has 0 heterocycles. The van der Waals surface area contributed by atoms with Gasteiger partial charge in [0, 0.05) is 12.8 Å². The van der Waals surface area contributed by atoms with Crippen LogP contribution >= 0.6 is 0 Å². The van der Waals surface area contributed by atoms with Crippen molar-refractivity contribution in [3.8, 4) is 0 Å². The molecule has 0 unspecified atom stereocenters. The Morgan fingerprint density at radius 3 is 2.40 bits per heavy atom. The molecule has 0 amide bonds. The molecular weight excluding hydrogens is 194 g/mol. The van der Waals surface area contributed by atoms with Crippen molar-refractivity contribution in [1.29, 1.82) is 0 Å². The molecule has 0 bridgehead atoms. The second kappa shape index (κ2) is 5.63. The molecule has 0 saturated heterocycles. The number of oxime groups is 1. The third kappa shape index (κ3) is 2.88. The van der Waals surface area contributed by atoms with Gasteiger partial charge in [-0.3, -0.25) is 9.59 Å². The summed E-state index contributed by atoms with van der Waals surface area (Å²) in [6.07, 6.45) is 2.24. The van der Waals surface area contributed by atoms with Crippen LogP contribution in [0.1, 0.15) is 39.5 Å². The zero-order valence-corrected chi connectivity index (χ0v) is 9.28. The van der Waals surface area contributed by atoms with E-state index in [9.17, 15) is 9.59 Å². The zero-order chi connectivity index (χ0) is 11.3. The van der Waals surface area contributed by atoms with Crippen molar-refractivity contribution in [3.63, 3.8) is 0 Å². The topological polar surface area (TPSA) is 55.7 Å². The van der Waals surface area contributed by atoms with Gasteiger partial charge in [0.05, 0.1) is 5.71 Å². The molecule has 1 aliphatic carbocycles. The number of carbonyl (C=O) groups excluding carboxylic acids is 2. The third-order valence-corrected chi connectivity index (χ3v) is 2.50. The van der Waals surface area contributed by atoms with Gasteiger partial charge in [-0.1, -0.05) is 12.1 Å². The number of Topliss-reactive ketones (excluding diaryl/α,β-unsaturated/α-hetero) is 2. The van der Waals surface area contributed by atoms with Crippen LogP contribution in [0.4, 0.5) is 0 Å². The molecular formula is C11H17NO3. The van der Waals surface area contributed by atoms with E-state index < -0.39 is 5.92 Å². The van der Waals surface area contributed by atoms with Gasteiger partial charge in [0.25, 0.3) is 0 Å². The lowest BCUT2D eigenvalue weighted by Crippen LogP contribution is -2.35. The van der Waals surface area contributed by atoms with Crippen molar-refractivity contribution in [3.05, 3.63) is 0 Å². The Morgan fingerprint density at radius 1 is 1.33 bits per heavy atom. The normalized spacial score (nSPS) is 19.5. The lowest BCUT2D eigenvalue weighted by atomic mass is 9.82. The van der Waals surface area contributed by atoms with Crippen molar-refractivity contribution in [2.75, 3.05) is 6.61 Å². The van der Waals surface area contributed by atoms with Gasteiger partial charge in [0.15, 0.2) is 0 Å². The van der Waals surface area contributed by atoms with Gasteiger partial charge in [-0.05, 0) is 19.8 Å². The van der Waals surface area contributed by atoms with E-state index in [4.69, 9.17) is 4.84 Å². The highest BCUT2D eigenvalue weighted by atomic mass is 16.6. The molecule has 1 saturated carbocycles. The summed E-state index contributed by atoms with van der Waals surface area (Å²) in [5.74, 6) is -0.645. The minimum Gasteiger partial charge on any atom is -0.396 e. The molecule has 0 spiro atoms. The molecule has 0 N–H and O–H groups in total. The summed E-state index contributed by atoms with van der Waals surface area (Å²) in [5, 5.41) is 3.86. The summed E-state index contributed by atoms with van der Waals surface area (Å²) in [5.41, 5.74) is 0.576. The molecule has 4 nitrogen and oxygen atoms in total. The van der Waals surface area contributed by atoms with Gasteiger partial charge in [0.2, 0.25) is 0 Å². The van der Waals surface area contributed by atoms with E-state index in [0.29, 0.717) is 38.0 Å². The van der Waals surface area contributed by atoms with Crippen LogP contribution in [0.2, 0.25) is 0 Å². The quantitative estimate of drug-likeness (QED) is 0.404. The molecule has 15 heavy (non-hydrogen) atoms. The Bertz CT molecular complexity index is 268. The Morgan fingerprint density at radius 2 is 1.93 bits per heavy atom. The Balaban J connectivity index is 2.80. The van der Waals surface area contributed by atoms with Crippen LogP contribution in [0.5, 0.6) is 0 Å². The molecule has 4 heteroatoms. The van der Waals surface area contributed by atoms with Gasteiger partial charge in [-0.15, -0.1) is 0 Å². The summed E-state index contributed by atoms with van der Waals surface area (Å²) >= 11 is 0. The fourth-order valence-electron chi connectivity index (χ4n) is 1.75. The second-order valence-corrected chi connectivity index (χ2v) is 3.57. The maximum absolute atomic E-state index is 11.6. The van der Waals surface area contributed by atoms with Gasteiger partial charge < -0.3 is 4.84 Å². The first-order valence-electron chi connectivity index (χ1n) is 5.44. The SMILES string of the molecule is CCO/N=C(/CC)C1C(=O)CCCC1=O. The van der Waals surface area contributed by atoms with Gasteiger partial charge in [0.1, 0.15) is 24.1 Å². The van der Waals surface area contributed by atoms with Crippen molar-refractivity contribution in [2.45, 2.75) is 39.5 Å². The van der Waals surface area contributed by atoms with Crippen LogP contribution in [-0.2, 0) is 14.4 Å². The van der Waals surface area contributed by atoms with Gasteiger partial charge >= 0.3 is 0 Å². The smallest absolute Gasteiger partial charge is 0.149 e. The number of hydrogen-bond donors (Lipinski definition) is 0. The average Bonchev–Trinajstić information content (AvgIpc) is 2.22. The molecule has 0 aliphatic heterocycles. The Kier molecular flexibility index (Phi) is 4.46. The molecule has 0 atom stereocenters. The highest BCUT2D eigenvalue weighted by molar-refractivity contribution is 6.21. The van der Waals surface area contributed by atoms with Gasteiger partial charge in [-0.2, -0.15) is 0 Å². The van der Waals surface area contributed by atoms with Crippen molar-refractivity contribution < 1.29 is 14.4 Å². The van der Waals surface area contributed by atoms with E-state index in [1.54, 1.807) is 0 Å². The van der Waals surface area contributed by atoms with Crippen LogP contribution in [0.15, 0.2) is 5.16 Å². The monoisotopic (exact) mass is 211 g/mol. The molecule has 1 fully saturated rings. The molecule has 1 rings (SSSR count). The number of carbonyl (C=O) groups is 2. The van der Waals surface area contributed by atoms with Gasteiger partial charge in [-0.25, -0.2) is 0 Å². The predicted octanol–water partition coefficient (Wildman–Crippen LogP) is 1.73. The first-order valence-corrected chi connectivity index (χ1v) is 5.44. The standard InChI is InChI=1S/C11H17NO3/c1-3-8(12-15-4-2)11-9(13)6-5-7-10(11)14/h11H,3-7H2,1-2H3/b12-8-. The fourth-order valence-corrected chi connectivity index (χ4v) is 1.75. The number of hydrogen-bond acceptors (Lipinski definition) is 4. The summed E-state index contributed by atoms with van der Waals surface area (Å²) in [6, 6.07) is 0. The summed E-state index contributed by atoms with van der Waals surface area (Å²) < 4.78 is 0. The predicted molar refractivity (Wildman–Crippen MR) is 56.7 cm³/mol. The first-order chi connectivity index (χ1) is 7.20. The highest BCUT2D eigenvalue weighted by Crippen LogP contribution is 2.20. The van der Waals surface area contributed by atoms with E-state index in [2.05, 4.69) is 5.16 Å². The van der Waals surface area contributed by atoms with Crippen LogP contribution in [-0.4, -0.2) is 23.9 Å². The Labute approximate surface area is 89.7 Å². The highest BCUT2D eigenvalue weighted by Gasteiger charge is 2.33. The van der Waals surface area contributed by atoms with Crippen LogP contribution < -0.4 is 0 Å². The Hall–Kier alpha value is -1.19. The molecule has 84 valence electrons. The fraction of sp³-hybridized carbons (Fsp3) is 0.727. The first kappa shape index (κ1) is 11.9. The van der Waals surface area contributed by atoms with E-state index in [1.165, 1.54) is 0 Å². The van der Waals surface area contributed by atoms with E-state index >= 15 is 0 Å². The number of ketones is 2. The third-order valence-electron chi connectivity index (χ3n) is 2.50. The minimum atomic E-state index is -0.629. The largest absolute Gasteiger partial charge is 0.396 e. The minimum absolute atomic E-state index is 0.00782. The molecule has 1 aliphatic rings.